The molecule has 0 radical (unpaired) electrons. The second-order valence-electron chi connectivity index (χ2n) is 5.43. The van der Waals surface area contributed by atoms with Crippen molar-refractivity contribution in [2.45, 2.75) is 13.1 Å². The molecular formula is C18H18N2O5S. The lowest BCUT2D eigenvalue weighted by Crippen LogP contribution is -2.54. The van der Waals surface area contributed by atoms with Crippen LogP contribution in [0.3, 0.4) is 0 Å². The Morgan fingerprint density at radius 1 is 0.923 bits per heavy atom. The fraction of sp³-hybridized carbons (Fsp3) is 0.111. The molecule has 136 valence electrons. The van der Waals surface area contributed by atoms with Crippen molar-refractivity contribution >= 4 is 10.4 Å². The van der Waals surface area contributed by atoms with E-state index < -0.39 is 10.4 Å². The van der Waals surface area contributed by atoms with Crippen LogP contribution in [0.15, 0.2) is 83.9 Å². The topological polar surface area (TPSA) is 103 Å². The predicted molar refractivity (Wildman–Crippen MR) is 94.3 cm³/mol. The molecule has 0 amide bonds. The minimum Gasteiger partial charge on any atom is -0.726 e. The zero-order valence-electron chi connectivity index (χ0n) is 13.8. The Labute approximate surface area is 151 Å². The van der Waals surface area contributed by atoms with Crippen LogP contribution >= 0.6 is 0 Å². The third-order valence-electron chi connectivity index (χ3n) is 3.41. The normalized spacial score (nSPS) is 10.7. The van der Waals surface area contributed by atoms with Gasteiger partial charge in [-0.3, -0.25) is 4.55 Å². The summed E-state index contributed by atoms with van der Waals surface area (Å²) >= 11 is 0. The monoisotopic (exact) mass is 374 g/mol. The van der Waals surface area contributed by atoms with E-state index in [1.807, 2.05) is 79.1 Å². The molecule has 0 aliphatic carbocycles. The molecule has 7 nitrogen and oxygen atoms in total. The highest BCUT2D eigenvalue weighted by molar-refractivity contribution is 7.79. The van der Waals surface area contributed by atoms with E-state index in [2.05, 4.69) is 0 Å². The summed E-state index contributed by atoms with van der Waals surface area (Å²) in [7, 11) is -4.92. The summed E-state index contributed by atoms with van der Waals surface area (Å²) < 4.78 is 36.3. The van der Waals surface area contributed by atoms with Gasteiger partial charge in [0.15, 0.2) is 0 Å². The molecule has 8 heteroatoms. The fourth-order valence-corrected chi connectivity index (χ4v) is 2.34. The van der Waals surface area contributed by atoms with Gasteiger partial charge in [0.05, 0.1) is 12.4 Å². The smallest absolute Gasteiger partial charge is 0.498 e. The van der Waals surface area contributed by atoms with Gasteiger partial charge in [-0.2, -0.15) is 13.9 Å². The number of hydrogen-bond acceptors (Lipinski definition) is 4. The molecule has 0 bridgehead atoms. The quantitative estimate of drug-likeness (QED) is 0.420. The maximum Gasteiger partial charge on any atom is 0.498 e. The Bertz CT molecular complexity index is 916. The molecule has 0 aliphatic heterocycles. The Balaban J connectivity index is 0.000000431. The summed E-state index contributed by atoms with van der Waals surface area (Å²) in [5, 5.41) is 0. The summed E-state index contributed by atoms with van der Waals surface area (Å²) in [4.78, 5) is 12.5. The van der Waals surface area contributed by atoms with E-state index >= 15 is 0 Å². The number of aromatic nitrogens is 2. The first-order valence-corrected chi connectivity index (χ1v) is 9.04. The second kappa shape index (κ2) is 9.04. The highest BCUT2D eigenvalue weighted by Gasteiger charge is 2.10. The van der Waals surface area contributed by atoms with Crippen molar-refractivity contribution < 1.29 is 22.1 Å². The van der Waals surface area contributed by atoms with Crippen molar-refractivity contribution in [1.82, 2.24) is 4.57 Å². The Hall–Kier alpha value is -2.81. The van der Waals surface area contributed by atoms with Crippen LogP contribution in [-0.4, -0.2) is 22.1 Å². The van der Waals surface area contributed by atoms with E-state index in [1.165, 1.54) is 0 Å². The van der Waals surface area contributed by atoms with Crippen LogP contribution in [0.4, 0.5) is 0 Å². The molecule has 0 fully saturated rings. The first-order valence-electron chi connectivity index (χ1n) is 7.68. The van der Waals surface area contributed by atoms with Gasteiger partial charge in [0, 0.05) is 6.07 Å². The fourth-order valence-electron chi connectivity index (χ4n) is 2.34. The Kier molecular flexibility index (Phi) is 6.79. The first-order chi connectivity index (χ1) is 12.3. The van der Waals surface area contributed by atoms with Gasteiger partial charge in [-0.1, -0.05) is 60.7 Å². The van der Waals surface area contributed by atoms with E-state index in [4.69, 9.17) is 17.5 Å². The van der Waals surface area contributed by atoms with Crippen molar-refractivity contribution in [2.24, 2.45) is 0 Å². The molecule has 0 saturated heterocycles. The third kappa shape index (κ3) is 6.98. The van der Waals surface area contributed by atoms with Gasteiger partial charge in [0.1, 0.15) is 13.1 Å². The molecule has 0 aliphatic rings. The third-order valence-corrected chi connectivity index (χ3v) is 3.41. The average molecular weight is 374 g/mol. The highest BCUT2D eigenvalue weighted by Crippen LogP contribution is 2.00. The van der Waals surface area contributed by atoms with E-state index in [9.17, 15) is 4.79 Å². The van der Waals surface area contributed by atoms with Gasteiger partial charge >= 0.3 is 5.69 Å². The molecule has 0 unspecified atom stereocenters. The molecule has 26 heavy (non-hydrogen) atoms. The minimum atomic E-state index is -4.92. The molecular weight excluding hydrogens is 356 g/mol. The van der Waals surface area contributed by atoms with Crippen LogP contribution in [0, 0.1) is 0 Å². The van der Waals surface area contributed by atoms with Crippen molar-refractivity contribution in [1.29, 1.82) is 0 Å². The van der Waals surface area contributed by atoms with Crippen molar-refractivity contribution in [2.75, 3.05) is 0 Å². The Morgan fingerprint density at radius 3 is 1.96 bits per heavy atom. The van der Waals surface area contributed by atoms with Crippen LogP contribution in [-0.2, 0) is 23.5 Å². The number of nitrogens with zero attached hydrogens (tertiary/aromatic N) is 2. The minimum absolute atomic E-state index is 0.00482. The van der Waals surface area contributed by atoms with Gasteiger partial charge in [0.2, 0.25) is 10.4 Å². The van der Waals surface area contributed by atoms with Gasteiger partial charge in [0.25, 0.3) is 0 Å². The predicted octanol–water partition coefficient (Wildman–Crippen LogP) is 1.24. The SMILES string of the molecule is O=S(=O)([O-])O.O=c1n(Cc2ccccc2)ccc[n+]1Cc1ccccc1. The molecule has 2 aromatic carbocycles. The van der Waals surface area contributed by atoms with E-state index in [0.29, 0.717) is 13.1 Å². The molecule has 1 heterocycles. The van der Waals surface area contributed by atoms with E-state index in [1.54, 1.807) is 9.13 Å². The number of benzene rings is 2. The first kappa shape index (κ1) is 19.5. The summed E-state index contributed by atoms with van der Waals surface area (Å²) in [6, 6.07) is 21.9. The van der Waals surface area contributed by atoms with Crippen LogP contribution < -0.4 is 10.3 Å². The molecule has 3 rings (SSSR count). The average Bonchev–Trinajstić information content (AvgIpc) is 2.59. The summed E-state index contributed by atoms with van der Waals surface area (Å²) in [6.07, 6.45) is 3.66. The van der Waals surface area contributed by atoms with E-state index in [-0.39, 0.29) is 5.69 Å². The van der Waals surface area contributed by atoms with Crippen LogP contribution in [0.1, 0.15) is 11.1 Å². The zero-order chi connectivity index (χ0) is 19.0. The van der Waals surface area contributed by atoms with Crippen LogP contribution in [0.2, 0.25) is 0 Å². The van der Waals surface area contributed by atoms with Gasteiger partial charge < -0.3 is 4.55 Å². The van der Waals surface area contributed by atoms with Crippen molar-refractivity contribution in [3.8, 4) is 0 Å². The summed E-state index contributed by atoms with van der Waals surface area (Å²) in [5.41, 5.74) is 2.25. The molecule has 0 atom stereocenters. The van der Waals surface area contributed by atoms with Crippen molar-refractivity contribution in [3.63, 3.8) is 0 Å². The molecule has 0 spiro atoms. The maximum absolute atomic E-state index is 12.5. The molecule has 1 aromatic heterocycles. The zero-order valence-corrected chi connectivity index (χ0v) is 14.6. The van der Waals surface area contributed by atoms with Gasteiger partial charge in [-0.05, 0) is 11.1 Å². The molecule has 0 saturated carbocycles. The standard InChI is InChI=1S/C18H17N2O.H2O4S/c21-18-19(14-16-8-3-1-4-9-16)12-7-13-20(18)15-17-10-5-2-6-11-17;1-5(2,3)4/h1-13H,14-15H2;(H2,1,2,3,4)/q+1;/p-1. The molecule has 1 N–H and O–H groups in total. The number of hydrogen-bond donors (Lipinski definition) is 1. The highest BCUT2D eigenvalue weighted by atomic mass is 32.3. The van der Waals surface area contributed by atoms with Gasteiger partial charge in [-0.15, -0.1) is 0 Å². The largest absolute Gasteiger partial charge is 0.726 e. The maximum atomic E-state index is 12.5. The summed E-state index contributed by atoms with van der Waals surface area (Å²) in [6.45, 7) is 1.19. The summed E-state index contributed by atoms with van der Waals surface area (Å²) in [5.74, 6) is 0. The van der Waals surface area contributed by atoms with Gasteiger partial charge in [-0.25, -0.2) is 8.42 Å². The second-order valence-corrected chi connectivity index (χ2v) is 6.28. The van der Waals surface area contributed by atoms with Crippen LogP contribution in [0.5, 0.6) is 0 Å². The molecule has 3 aromatic rings. The van der Waals surface area contributed by atoms with Crippen molar-refractivity contribution in [3.05, 3.63) is 101 Å². The number of rotatable bonds is 4. The lowest BCUT2D eigenvalue weighted by Gasteiger charge is -2.03. The lowest BCUT2D eigenvalue weighted by molar-refractivity contribution is -0.707. The van der Waals surface area contributed by atoms with E-state index in [0.717, 1.165) is 11.1 Å². The Morgan fingerprint density at radius 2 is 1.42 bits per heavy atom. The van der Waals surface area contributed by atoms with Crippen LogP contribution in [0.25, 0.3) is 0 Å². The lowest BCUT2D eigenvalue weighted by atomic mass is 10.2.